The number of nitrogens with zero attached hydrogens (tertiary/aromatic N) is 1. The largest absolute Gasteiger partial charge is 0.453 e. The number of hydrogen-bond donors (Lipinski definition) is 0. The first-order valence-corrected chi connectivity index (χ1v) is 12.8. The number of carbonyl (C=O) groups is 1. The fourth-order valence-corrected chi connectivity index (χ4v) is 4.06. The lowest BCUT2D eigenvalue weighted by Gasteiger charge is -2.39. The SMILES string of the molecule is CO[C@H]1O[C@H](CO[Si](C)(C)C(C)(C)C)[C@H](OC(=O)c2ccc([N+](=O)[O-])cc2)[C@H]2O[C@@H]12. The topological polar surface area (TPSA) is 110 Å². The summed E-state index contributed by atoms with van der Waals surface area (Å²) in [6.07, 6.45) is -2.38. The van der Waals surface area contributed by atoms with Crippen LogP contribution in [-0.2, 0) is 23.4 Å². The molecule has 10 heteroatoms. The summed E-state index contributed by atoms with van der Waals surface area (Å²) in [6, 6.07) is 5.27. The van der Waals surface area contributed by atoms with Gasteiger partial charge in [0.2, 0.25) is 0 Å². The van der Waals surface area contributed by atoms with Gasteiger partial charge < -0.3 is 23.4 Å². The van der Waals surface area contributed by atoms with Gasteiger partial charge in [-0.3, -0.25) is 10.1 Å². The summed E-state index contributed by atoms with van der Waals surface area (Å²) >= 11 is 0. The van der Waals surface area contributed by atoms with Crippen LogP contribution in [0.4, 0.5) is 5.69 Å². The van der Waals surface area contributed by atoms with Crippen LogP contribution in [-0.4, -0.2) is 63.6 Å². The molecule has 0 saturated carbocycles. The molecular weight excluding hydrogens is 410 g/mol. The number of epoxide rings is 1. The number of nitro groups is 1. The maximum absolute atomic E-state index is 12.6. The van der Waals surface area contributed by atoms with E-state index in [9.17, 15) is 14.9 Å². The Morgan fingerprint density at radius 2 is 1.80 bits per heavy atom. The van der Waals surface area contributed by atoms with Gasteiger partial charge in [0.15, 0.2) is 20.7 Å². The van der Waals surface area contributed by atoms with Gasteiger partial charge in [-0.2, -0.15) is 0 Å². The number of methoxy groups -OCH3 is 1. The minimum atomic E-state index is -2.05. The zero-order valence-corrected chi connectivity index (χ0v) is 19.1. The Labute approximate surface area is 176 Å². The highest BCUT2D eigenvalue weighted by Crippen LogP contribution is 2.41. The molecule has 166 valence electrons. The Hall–Kier alpha value is -1.85. The summed E-state index contributed by atoms with van der Waals surface area (Å²) in [5.41, 5.74) is 0.123. The number of benzene rings is 1. The third-order valence-corrected chi connectivity index (χ3v) is 10.5. The Balaban J connectivity index is 1.72. The molecule has 0 aromatic heterocycles. The van der Waals surface area contributed by atoms with E-state index in [-0.39, 0.29) is 35.1 Å². The average molecular weight is 440 g/mol. The molecule has 2 aliphatic heterocycles. The van der Waals surface area contributed by atoms with Gasteiger partial charge in [-0.1, -0.05) is 20.8 Å². The Bertz CT molecular complexity index is 791. The second-order valence-corrected chi connectivity index (χ2v) is 13.9. The molecule has 0 amide bonds. The first kappa shape index (κ1) is 22.8. The van der Waals surface area contributed by atoms with E-state index in [1.807, 2.05) is 0 Å². The Morgan fingerprint density at radius 3 is 2.33 bits per heavy atom. The standard InChI is InChI=1S/C20H29NO8Si/c1-20(2,3)30(5,6)26-11-14-15(16-17(28-16)19(25-4)27-14)29-18(22)12-7-9-13(10-8-12)21(23)24/h7-10,14-17,19H,11H2,1-6H3/t14-,15+,16-,17-,19+/m1/s1. The maximum Gasteiger partial charge on any atom is 0.338 e. The van der Waals surface area contributed by atoms with Crippen molar-refractivity contribution in [3.05, 3.63) is 39.9 Å². The first-order valence-electron chi connectivity index (χ1n) is 9.88. The summed E-state index contributed by atoms with van der Waals surface area (Å²) in [5, 5.41) is 10.8. The predicted molar refractivity (Wildman–Crippen MR) is 110 cm³/mol. The minimum Gasteiger partial charge on any atom is -0.453 e. The van der Waals surface area contributed by atoms with Crippen molar-refractivity contribution in [2.24, 2.45) is 0 Å². The van der Waals surface area contributed by atoms with Gasteiger partial charge in [-0.15, -0.1) is 0 Å². The van der Waals surface area contributed by atoms with Gasteiger partial charge in [0.05, 0.1) is 17.1 Å². The molecule has 2 aliphatic rings. The van der Waals surface area contributed by atoms with E-state index >= 15 is 0 Å². The third-order valence-electron chi connectivity index (χ3n) is 6.03. The second-order valence-electron chi connectivity index (χ2n) is 9.09. The van der Waals surface area contributed by atoms with E-state index in [2.05, 4.69) is 33.9 Å². The van der Waals surface area contributed by atoms with Gasteiger partial charge in [-0.25, -0.2) is 4.79 Å². The minimum absolute atomic E-state index is 0.0197. The van der Waals surface area contributed by atoms with E-state index in [0.29, 0.717) is 0 Å². The molecule has 5 atom stereocenters. The van der Waals surface area contributed by atoms with Gasteiger partial charge >= 0.3 is 5.97 Å². The monoisotopic (exact) mass is 439 g/mol. The molecule has 30 heavy (non-hydrogen) atoms. The van der Waals surface area contributed by atoms with Crippen molar-refractivity contribution >= 4 is 20.0 Å². The van der Waals surface area contributed by atoms with Crippen molar-refractivity contribution in [2.45, 2.75) is 69.6 Å². The Morgan fingerprint density at radius 1 is 1.17 bits per heavy atom. The van der Waals surface area contributed by atoms with Crippen molar-refractivity contribution in [1.29, 1.82) is 0 Å². The number of nitro benzene ring substituents is 1. The van der Waals surface area contributed by atoms with Crippen molar-refractivity contribution in [1.82, 2.24) is 0 Å². The fraction of sp³-hybridized carbons (Fsp3) is 0.650. The van der Waals surface area contributed by atoms with Crippen LogP contribution in [0.15, 0.2) is 24.3 Å². The van der Waals surface area contributed by atoms with Crippen LogP contribution in [0.2, 0.25) is 18.1 Å². The molecule has 2 saturated heterocycles. The molecule has 1 aromatic carbocycles. The number of carbonyl (C=O) groups excluding carboxylic acids is 1. The number of esters is 1. The van der Waals surface area contributed by atoms with Crippen molar-refractivity contribution in [3.8, 4) is 0 Å². The van der Waals surface area contributed by atoms with Crippen LogP contribution in [0.25, 0.3) is 0 Å². The highest BCUT2D eigenvalue weighted by atomic mass is 28.4. The molecule has 0 aliphatic carbocycles. The van der Waals surface area contributed by atoms with Gasteiger partial charge in [0.25, 0.3) is 5.69 Å². The molecular formula is C20H29NO8Si. The zero-order chi connectivity index (χ0) is 22.3. The Kier molecular flexibility index (Phi) is 6.35. The number of hydrogen-bond acceptors (Lipinski definition) is 8. The van der Waals surface area contributed by atoms with E-state index in [4.69, 9.17) is 23.4 Å². The smallest absolute Gasteiger partial charge is 0.338 e. The predicted octanol–water partition coefficient (Wildman–Crippen LogP) is 3.28. The lowest BCUT2D eigenvalue weighted by Crippen LogP contribution is -2.52. The molecule has 3 rings (SSSR count). The van der Waals surface area contributed by atoms with Gasteiger partial charge in [0.1, 0.15) is 18.3 Å². The highest BCUT2D eigenvalue weighted by Gasteiger charge is 2.60. The van der Waals surface area contributed by atoms with E-state index in [1.165, 1.54) is 24.3 Å². The van der Waals surface area contributed by atoms with E-state index in [1.54, 1.807) is 7.11 Å². The molecule has 0 N–H and O–H groups in total. The zero-order valence-electron chi connectivity index (χ0n) is 18.1. The molecule has 0 unspecified atom stereocenters. The molecule has 2 fully saturated rings. The lowest BCUT2D eigenvalue weighted by molar-refractivity contribution is -0.384. The van der Waals surface area contributed by atoms with E-state index < -0.39 is 37.7 Å². The molecule has 1 aromatic rings. The van der Waals surface area contributed by atoms with Crippen LogP contribution in [0.1, 0.15) is 31.1 Å². The van der Waals surface area contributed by atoms with Crippen LogP contribution in [0, 0.1) is 10.1 Å². The summed E-state index contributed by atoms with van der Waals surface area (Å²) in [6.45, 7) is 11.0. The van der Waals surface area contributed by atoms with Crippen LogP contribution >= 0.6 is 0 Å². The van der Waals surface area contributed by atoms with Crippen molar-refractivity contribution in [2.75, 3.05) is 13.7 Å². The second kappa shape index (κ2) is 8.35. The summed E-state index contributed by atoms with van der Waals surface area (Å²) in [5.74, 6) is -0.596. The fourth-order valence-electron chi connectivity index (χ4n) is 3.04. The number of non-ortho nitro benzene ring substituents is 1. The molecule has 0 radical (unpaired) electrons. The molecule has 0 spiro atoms. The van der Waals surface area contributed by atoms with Crippen LogP contribution in [0.5, 0.6) is 0 Å². The average Bonchev–Trinajstić information content (AvgIpc) is 3.47. The van der Waals surface area contributed by atoms with Gasteiger partial charge in [-0.05, 0) is 30.3 Å². The first-order chi connectivity index (χ1) is 13.9. The molecule has 2 heterocycles. The quantitative estimate of drug-likeness (QED) is 0.209. The van der Waals surface area contributed by atoms with Crippen molar-refractivity contribution < 1.29 is 33.1 Å². The maximum atomic E-state index is 12.6. The highest BCUT2D eigenvalue weighted by molar-refractivity contribution is 6.74. The number of fused-ring (bicyclic) bond motifs is 1. The summed E-state index contributed by atoms with van der Waals surface area (Å²) < 4.78 is 29.0. The molecule has 9 nitrogen and oxygen atoms in total. The van der Waals surface area contributed by atoms with Crippen LogP contribution < -0.4 is 0 Å². The third kappa shape index (κ3) is 4.73. The number of ether oxygens (including phenoxy) is 4. The van der Waals surface area contributed by atoms with Gasteiger partial charge in [0, 0.05) is 19.2 Å². The molecule has 0 bridgehead atoms. The van der Waals surface area contributed by atoms with Crippen LogP contribution in [0.3, 0.4) is 0 Å². The normalized spacial score (nSPS) is 28.5. The lowest BCUT2D eigenvalue weighted by atomic mass is 10.0. The number of rotatable bonds is 7. The van der Waals surface area contributed by atoms with E-state index in [0.717, 1.165) is 0 Å². The summed E-state index contributed by atoms with van der Waals surface area (Å²) in [4.78, 5) is 22.9. The van der Waals surface area contributed by atoms with Crippen molar-refractivity contribution in [3.63, 3.8) is 0 Å². The summed E-state index contributed by atoms with van der Waals surface area (Å²) in [7, 11) is -0.506.